The summed E-state index contributed by atoms with van der Waals surface area (Å²) < 4.78 is 0.456. The number of nitrogens with one attached hydrogen (secondary N) is 1. The fourth-order valence-electron chi connectivity index (χ4n) is 1.86. The number of nitrogens with zero attached hydrogens (tertiary/aromatic N) is 1. The van der Waals surface area contributed by atoms with Crippen LogP contribution in [0, 0.1) is 10.4 Å². The fraction of sp³-hybridized carbons (Fsp3) is 0.692. The van der Waals surface area contributed by atoms with Crippen molar-refractivity contribution in [3.8, 4) is 0 Å². The largest absolute Gasteiger partial charge is 0.382 e. The molecule has 1 aromatic carbocycles. The molecule has 3 nitrogen and oxygen atoms in total. The zero-order valence-corrected chi connectivity index (χ0v) is 12.0. The Balaban J connectivity index is 2.40. The zero-order valence-electron chi connectivity index (χ0n) is 11.2. The van der Waals surface area contributed by atoms with Crippen LogP contribution in [0.4, 0.5) is 11.4 Å². The lowest BCUT2D eigenvalue weighted by molar-refractivity contribution is 0.545. The number of hydrogen-bond acceptors (Lipinski definition) is 4. The number of hydrogen-bond donors (Lipinski definition) is 1. The van der Waals surface area contributed by atoms with Gasteiger partial charge in [0, 0.05) is 20.6 Å². The Morgan fingerprint density at radius 1 is 1.29 bits per heavy atom. The van der Waals surface area contributed by atoms with Gasteiger partial charge in [0.1, 0.15) is 10.2 Å². The topological polar surface area (TPSA) is 32.3 Å². The lowest BCUT2D eigenvalue weighted by Crippen LogP contribution is -2.26. The zero-order chi connectivity index (χ0) is 13.0. The first-order valence-corrected chi connectivity index (χ1v) is 6.60. The quantitative estimate of drug-likeness (QED) is 0.599. The second kappa shape index (κ2) is 6.15. The highest BCUT2D eigenvalue weighted by molar-refractivity contribution is 7.71. The third-order valence-corrected chi connectivity index (χ3v) is 3.23. The third-order valence-electron chi connectivity index (χ3n) is 2.84. The van der Waals surface area contributed by atoms with Crippen LogP contribution in [0.2, 0.25) is 0 Å². The highest BCUT2D eigenvalue weighted by Crippen LogP contribution is 2.25. The monoisotopic (exact) mass is 254 g/mol. The van der Waals surface area contributed by atoms with Gasteiger partial charge in [-0.3, -0.25) is 4.79 Å². The van der Waals surface area contributed by atoms with Crippen LogP contribution in [0.15, 0.2) is 4.79 Å². The smallest absolute Gasteiger partial charge is 0.224 e. The first kappa shape index (κ1) is 14.2. The minimum Gasteiger partial charge on any atom is -0.382 e. The molecule has 0 unspecified atom stereocenters. The van der Waals surface area contributed by atoms with Crippen molar-refractivity contribution in [2.45, 2.75) is 33.1 Å². The summed E-state index contributed by atoms with van der Waals surface area (Å²) in [5, 5.41) is 3.28. The standard InChI is InChI=1S/C13H22N2OS/c1-9(2)7-5-6-8-14-10-11(15(3)4)12(16)13(10)17/h9,14H,5-8H2,1-4H3. The Kier molecular flexibility index (Phi) is 5.12. The van der Waals surface area contributed by atoms with E-state index in [1.165, 1.54) is 12.8 Å². The van der Waals surface area contributed by atoms with Gasteiger partial charge >= 0.3 is 0 Å². The van der Waals surface area contributed by atoms with Crippen LogP contribution < -0.4 is 15.6 Å². The average Bonchev–Trinajstić information content (AvgIpc) is 2.25. The highest BCUT2D eigenvalue weighted by Gasteiger charge is 2.18. The van der Waals surface area contributed by atoms with Gasteiger partial charge in [-0.1, -0.05) is 38.9 Å². The van der Waals surface area contributed by atoms with Crippen LogP contribution in [0.1, 0.15) is 33.1 Å². The van der Waals surface area contributed by atoms with Crippen LogP contribution in [0.25, 0.3) is 0 Å². The first-order valence-electron chi connectivity index (χ1n) is 6.19. The number of anilines is 2. The van der Waals surface area contributed by atoms with Crippen molar-refractivity contribution < 1.29 is 0 Å². The predicted octanol–water partition coefficient (Wildman–Crippen LogP) is 2.96. The molecule has 0 bridgehead atoms. The molecule has 17 heavy (non-hydrogen) atoms. The Bertz CT molecular complexity index is 431. The molecule has 0 fully saturated rings. The second-order valence-corrected chi connectivity index (χ2v) is 5.50. The Labute approximate surface area is 109 Å². The van der Waals surface area contributed by atoms with E-state index >= 15 is 0 Å². The maximum absolute atomic E-state index is 11.5. The molecule has 0 radical (unpaired) electrons. The van der Waals surface area contributed by atoms with Gasteiger partial charge in [-0.2, -0.15) is 0 Å². The molecule has 96 valence electrons. The summed E-state index contributed by atoms with van der Waals surface area (Å²) in [6.45, 7) is 5.37. The molecule has 0 amide bonds. The van der Waals surface area contributed by atoms with Gasteiger partial charge in [-0.15, -0.1) is 0 Å². The van der Waals surface area contributed by atoms with Crippen LogP contribution in [0.5, 0.6) is 0 Å². The lowest BCUT2D eigenvalue weighted by atomic mass is 10.1. The second-order valence-electron chi connectivity index (χ2n) is 5.09. The number of rotatable bonds is 7. The Morgan fingerprint density at radius 3 is 2.47 bits per heavy atom. The van der Waals surface area contributed by atoms with Crippen molar-refractivity contribution in [2.24, 2.45) is 5.92 Å². The SMILES string of the molecule is CC(C)CCCCNc1c(N(C)C)c(=O)c1=S. The molecule has 0 saturated carbocycles. The molecule has 0 aliphatic carbocycles. The van der Waals surface area contributed by atoms with E-state index in [0.29, 0.717) is 4.51 Å². The van der Waals surface area contributed by atoms with Crippen molar-refractivity contribution in [1.82, 2.24) is 0 Å². The minimum absolute atomic E-state index is 0.00493. The van der Waals surface area contributed by atoms with Gasteiger partial charge in [0.05, 0.1) is 5.69 Å². The van der Waals surface area contributed by atoms with Crippen LogP contribution in [-0.4, -0.2) is 20.6 Å². The van der Waals surface area contributed by atoms with E-state index < -0.39 is 0 Å². The molecular formula is C13H22N2OS. The minimum atomic E-state index is -0.00493. The molecular weight excluding hydrogens is 232 g/mol. The Morgan fingerprint density at radius 2 is 1.94 bits per heavy atom. The molecule has 0 spiro atoms. The predicted molar refractivity (Wildman–Crippen MR) is 77.4 cm³/mol. The molecule has 0 aliphatic rings. The summed E-state index contributed by atoms with van der Waals surface area (Å²) >= 11 is 5.05. The van der Waals surface area contributed by atoms with Crippen molar-refractivity contribution in [2.75, 3.05) is 30.9 Å². The van der Waals surface area contributed by atoms with Gasteiger partial charge in [-0.25, -0.2) is 0 Å². The van der Waals surface area contributed by atoms with Crippen LogP contribution in [-0.2, 0) is 0 Å². The van der Waals surface area contributed by atoms with E-state index in [1.54, 1.807) is 0 Å². The maximum Gasteiger partial charge on any atom is 0.224 e. The highest BCUT2D eigenvalue weighted by atomic mass is 32.1. The van der Waals surface area contributed by atoms with Crippen LogP contribution >= 0.6 is 12.2 Å². The summed E-state index contributed by atoms with van der Waals surface area (Å²) in [6, 6.07) is 0. The summed E-state index contributed by atoms with van der Waals surface area (Å²) in [5.41, 5.74) is 1.58. The van der Waals surface area contributed by atoms with E-state index in [4.69, 9.17) is 12.2 Å². The van der Waals surface area contributed by atoms with Crippen LogP contribution in [0.3, 0.4) is 0 Å². The van der Waals surface area contributed by atoms with Crippen molar-refractivity contribution in [3.05, 3.63) is 14.7 Å². The average molecular weight is 254 g/mol. The molecule has 0 saturated heterocycles. The molecule has 1 aromatic rings. The van der Waals surface area contributed by atoms with E-state index in [9.17, 15) is 4.79 Å². The molecule has 0 aromatic heterocycles. The summed E-state index contributed by atoms with van der Waals surface area (Å²) in [6.07, 6.45) is 3.60. The van der Waals surface area contributed by atoms with Crippen molar-refractivity contribution in [3.63, 3.8) is 0 Å². The molecule has 0 atom stereocenters. The van der Waals surface area contributed by atoms with Crippen molar-refractivity contribution in [1.29, 1.82) is 0 Å². The van der Waals surface area contributed by atoms with Crippen molar-refractivity contribution >= 4 is 23.6 Å². The normalized spacial score (nSPS) is 11.1. The summed E-state index contributed by atoms with van der Waals surface area (Å²) in [5.74, 6) is 0.762. The van der Waals surface area contributed by atoms with Gasteiger partial charge < -0.3 is 10.2 Å². The molecule has 1 rings (SSSR count). The summed E-state index contributed by atoms with van der Waals surface area (Å²) in [4.78, 5) is 13.3. The third kappa shape index (κ3) is 3.53. The summed E-state index contributed by atoms with van der Waals surface area (Å²) in [7, 11) is 3.74. The Hall–Kier alpha value is -0.900. The number of unbranched alkanes of at least 4 members (excludes halogenated alkanes) is 1. The molecule has 0 heterocycles. The molecule has 1 N–H and O–H groups in total. The maximum atomic E-state index is 11.5. The molecule has 4 heteroatoms. The van der Waals surface area contributed by atoms with E-state index in [0.717, 1.165) is 30.3 Å². The lowest BCUT2D eigenvalue weighted by Gasteiger charge is -2.20. The van der Waals surface area contributed by atoms with Gasteiger partial charge in [0.15, 0.2) is 0 Å². The van der Waals surface area contributed by atoms with Gasteiger partial charge in [-0.05, 0) is 12.3 Å². The molecule has 0 aliphatic heterocycles. The van der Waals surface area contributed by atoms with Gasteiger partial charge in [0.25, 0.3) is 0 Å². The fourth-order valence-corrected chi connectivity index (χ4v) is 2.13. The van der Waals surface area contributed by atoms with Gasteiger partial charge in [0.2, 0.25) is 5.43 Å². The van der Waals surface area contributed by atoms with E-state index in [1.807, 2.05) is 19.0 Å². The first-order chi connectivity index (χ1) is 7.95. The van der Waals surface area contributed by atoms with E-state index in [2.05, 4.69) is 19.2 Å². The van der Waals surface area contributed by atoms with E-state index in [-0.39, 0.29) is 5.43 Å².